The van der Waals surface area contributed by atoms with Crippen molar-refractivity contribution in [3.8, 4) is 5.69 Å². The summed E-state index contributed by atoms with van der Waals surface area (Å²) in [5.41, 5.74) is 3.15. The molecule has 8 heteroatoms. The lowest BCUT2D eigenvalue weighted by molar-refractivity contribution is 0.181. The van der Waals surface area contributed by atoms with E-state index in [-0.39, 0.29) is 0 Å². The van der Waals surface area contributed by atoms with Crippen molar-refractivity contribution in [2.24, 2.45) is 0 Å². The molecule has 6 nitrogen and oxygen atoms in total. The third-order valence-electron chi connectivity index (χ3n) is 5.45. The Bertz CT molecular complexity index is 1140. The van der Waals surface area contributed by atoms with E-state index in [4.69, 9.17) is 11.6 Å². The zero-order valence-corrected chi connectivity index (χ0v) is 18.7. The van der Waals surface area contributed by atoms with Gasteiger partial charge in [0.15, 0.2) is 0 Å². The first kappa shape index (κ1) is 21.1. The molecule has 1 aromatic heterocycles. The summed E-state index contributed by atoms with van der Waals surface area (Å²) in [5, 5.41) is 5.23. The molecule has 0 N–H and O–H groups in total. The first-order valence-electron chi connectivity index (χ1n) is 9.95. The smallest absolute Gasteiger partial charge is 0.246 e. The first-order chi connectivity index (χ1) is 14.4. The number of halogens is 1. The molecule has 0 atom stereocenters. The maximum atomic E-state index is 13.4. The van der Waals surface area contributed by atoms with Gasteiger partial charge in [0.05, 0.1) is 17.1 Å². The van der Waals surface area contributed by atoms with Crippen molar-refractivity contribution in [3.63, 3.8) is 0 Å². The van der Waals surface area contributed by atoms with Crippen molar-refractivity contribution >= 4 is 21.6 Å². The van der Waals surface area contributed by atoms with Gasteiger partial charge >= 0.3 is 0 Å². The summed E-state index contributed by atoms with van der Waals surface area (Å²) >= 11 is 6.08. The maximum absolute atomic E-state index is 13.4. The van der Waals surface area contributed by atoms with E-state index >= 15 is 0 Å². The highest BCUT2D eigenvalue weighted by Gasteiger charge is 2.33. The van der Waals surface area contributed by atoms with E-state index in [0.29, 0.717) is 42.5 Å². The number of sulfonamides is 1. The van der Waals surface area contributed by atoms with Crippen LogP contribution in [-0.4, -0.2) is 53.6 Å². The summed E-state index contributed by atoms with van der Waals surface area (Å²) in [7, 11) is -3.61. The largest absolute Gasteiger partial charge is 0.296 e. The lowest BCUT2D eigenvalue weighted by atomic mass is 10.2. The molecule has 1 saturated heterocycles. The van der Waals surface area contributed by atoms with Gasteiger partial charge in [0.1, 0.15) is 4.90 Å². The van der Waals surface area contributed by atoms with Crippen LogP contribution >= 0.6 is 11.6 Å². The molecule has 0 saturated carbocycles. The van der Waals surface area contributed by atoms with Crippen LogP contribution in [0, 0.1) is 13.8 Å². The van der Waals surface area contributed by atoms with Gasteiger partial charge in [-0.05, 0) is 43.7 Å². The fourth-order valence-electron chi connectivity index (χ4n) is 3.97. The van der Waals surface area contributed by atoms with Crippen molar-refractivity contribution in [1.82, 2.24) is 19.0 Å². The summed E-state index contributed by atoms with van der Waals surface area (Å²) < 4.78 is 30.1. The molecule has 0 amide bonds. The first-order valence-corrected chi connectivity index (χ1v) is 11.8. The van der Waals surface area contributed by atoms with E-state index in [1.807, 2.05) is 61.5 Å². The molecular weight excluding hydrogens is 420 g/mol. The van der Waals surface area contributed by atoms with Gasteiger partial charge in [-0.15, -0.1) is 0 Å². The molecule has 0 unspecified atom stereocenters. The summed E-state index contributed by atoms with van der Waals surface area (Å²) in [4.78, 5) is 2.57. The molecule has 2 heterocycles. The van der Waals surface area contributed by atoms with Crippen LogP contribution in [0.2, 0.25) is 5.02 Å². The average molecular weight is 445 g/mol. The summed E-state index contributed by atoms with van der Waals surface area (Å²) in [6.07, 6.45) is 0. The molecule has 3 aromatic rings. The van der Waals surface area contributed by atoms with E-state index in [2.05, 4.69) is 10.00 Å². The maximum Gasteiger partial charge on any atom is 0.246 e. The van der Waals surface area contributed by atoms with Gasteiger partial charge in [-0.2, -0.15) is 9.40 Å². The van der Waals surface area contributed by atoms with Crippen LogP contribution in [0.3, 0.4) is 0 Å². The van der Waals surface area contributed by atoms with Gasteiger partial charge in [-0.25, -0.2) is 13.1 Å². The van der Waals surface area contributed by atoms with Crippen LogP contribution in [0.4, 0.5) is 0 Å². The van der Waals surface area contributed by atoms with Gasteiger partial charge in [-0.1, -0.05) is 41.9 Å². The molecule has 2 aromatic carbocycles. The number of nitrogens with zero attached hydrogens (tertiary/aromatic N) is 4. The summed E-state index contributed by atoms with van der Waals surface area (Å²) in [6, 6.07) is 17.4. The van der Waals surface area contributed by atoms with Crippen molar-refractivity contribution in [3.05, 3.63) is 76.6 Å². The molecule has 0 aliphatic carbocycles. The van der Waals surface area contributed by atoms with Crippen LogP contribution < -0.4 is 0 Å². The van der Waals surface area contributed by atoms with Gasteiger partial charge in [0, 0.05) is 37.7 Å². The van der Waals surface area contributed by atoms with Crippen LogP contribution in [0.1, 0.15) is 17.0 Å². The van der Waals surface area contributed by atoms with Crippen LogP contribution in [0.25, 0.3) is 5.69 Å². The highest BCUT2D eigenvalue weighted by molar-refractivity contribution is 7.89. The quantitative estimate of drug-likeness (QED) is 0.602. The average Bonchev–Trinajstić information content (AvgIpc) is 3.04. The Morgan fingerprint density at radius 2 is 1.67 bits per heavy atom. The van der Waals surface area contributed by atoms with Crippen molar-refractivity contribution in [1.29, 1.82) is 0 Å². The minimum absolute atomic E-state index is 0.314. The molecule has 0 spiro atoms. The summed E-state index contributed by atoms with van der Waals surface area (Å²) in [6.45, 7) is 6.60. The molecular formula is C22H25ClN4O2S. The second-order valence-electron chi connectivity index (χ2n) is 7.56. The second-order valence-corrected chi connectivity index (χ2v) is 9.87. The minimum atomic E-state index is -3.61. The van der Waals surface area contributed by atoms with E-state index < -0.39 is 10.0 Å². The second kappa shape index (κ2) is 8.51. The topological polar surface area (TPSA) is 58.4 Å². The Labute approximate surface area is 182 Å². The number of hydrogen-bond acceptors (Lipinski definition) is 4. The molecule has 158 valence electrons. The number of piperazine rings is 1. The fraction of sp³-hybridized carbons (Fsp3) is 0.318. The number of benzene rings is 2. The third kappa shape index (κ3) is 4.16. The predicted molar refractivity (Wildman–Crippen MR) is 119 cm³/mol. The number of aromatic nitrogens is 2. The van der Waals surface area contributed by atoms with Crippen molar-refractivity contribution in [2.45, 2.75) is 25.3 Å². The van der Waals surface area contributed by atoms with Gasteiger partial charge < -0.3 is 0 Å². The Hall–Kier alpha value is -2.19. The SMILES string of the molecule is Cc1nn(-c2ccccc2)c(C)c1S(=O)(=O)N1CCN(Cc2cccc(Cl)c2)CC1. The predicted octanol–water partition coefficient (Wildman–Crippen LogP) is 3.65. The monoisotopic (exact) mass is 444 g/mol. The highest BCUT2D eigenvalue weighted by Crippen LogP contribution is 2.26. The zero-order valence-electron chi connectivity index (χ0n) is 17.1. The van der Waals surface area contributed by atoms with Gasteiger partial charge in [0.25, 0.3) is 0 Å². The number of para-hydroxylation sites is 1. The number of rotatable bonds is 5. The van der Waals surface area contributed by atoms with Crippen LogP contribution in [-0.2, 0) is 16.6 Å². The lowest BCUT2D eigenvalue weighted by Crippen LogP contribution is -2.48. The zero-order chi connectivity index (χ0) is 21.3. The van der Waals surface area contributed by atoms with Crippen molar-refractivity contribution < 1.29 is 8.42 Å². The molecule has 0 radical (unpaired) electrons. The fourth-order valence-corrected chi connectivity index (χ4v) is 5.96. The van der Waals surface area contributed by atoms with Crippen molar-refractivity contribution in [2.75, 3.05) is 26.2 Å². The normalized spacial score (nSPS) is 16.1. The molecule has 30 heavy (non-hydrogen) atoms. The number of aryl methyl sites for hydroxylation is 1. The Kier molecular flexibility index (Phi) is 5.97. The molecule has 1 aliphatic rings. The molecule has 1 fully saturated rings. The minimum Gasteiger partial charge on any atom is -0.296 e. The van der Waals surface area contributed by atoms with E-state index in [1.165, 1.54) is 0 Å². The number of hydrogen-bond donors (Lipinski definition) is 0. The Morgan fingerprint density at radius 3 is 2.33 bits per heavy atom. The standard InChI is InChI=1S/C22H25ClN4O2S/c1-17-22(18(2)27(24-17)21-9-4-3-5-10-21)30(28,29)26-13-11-25(12-14-26)16-19-7-6-8-20(23)15-19/h3-10,15H,11-14,16H2,1-2H3. The van der Waals surface area contributed by atoms with Crippen LogP contribution in [0.15, 0.2) is 59.5 Å². The summed E-state index contributed by atoms with van der Waals surface area (Å²) in [5.74, 6) is 0. The third-order valence-corrected chi connectivity index (χ3v) is 7.84. The molecule has 4 rings (SSSR count). The molecule has 0 bridgehead atoms. The van der Waals surface area contributed by atoms with E-state index in [9.17, 15) is 8.42 Å². The van der Waals surface area contributed by atoms with Crippen LogP contribution in [0.5, 0.6) is 0 Å². The Morgan fingerprint density at radius 1 is 0.967 bits per heavy atom. The van der Waals surface area contributed by atoms with E-state index in [0.717, 1.165) is 22.8 Å². The lowest BCUT2D eigenvalue weighted by Gasteiger charge is -2.34. The molecule has 1 aliphatic heterocycles. The highest BCUT2D eigenvalue weighted by atomic mass is 35.5. The van der Waals surface area contributed by atoms with Gasteiger partial charge in [-0.3, -0.25) is 4.90 Å². The van der Waals surface area contributed by atoms with E-state index in [1.54, 1.807) is 15.9 Å². The Balaban J connectivity index is 1.51. The van der Waals surface area contributed by atoms with Gasteiger partial charge in [0.2, 0.25) is 10.0 Å².